The third kappa shape index (κ3) is 3.76. The maximum atomic E-state index is 12.1. The zero-order valence-corrected chi connectivity index (χ0v) is 13.6. The van der Waals surface area contributed by atoms with Crippen LogP contribution in [0.25, 0.3) is 10.8 Å². The van der Waals surface area contributed by atoms with Gasteiger partial charge in [-0.1, -0.05) is 36.4 Å². The molecule has 2 rings (SSSR count). The minimum absolute atomic E-state index is 0.290. The quantitative estimate of drug-likeness (QED) is 0.794. The molecule has 0 amide bonds. The van der Waals surface area contributed by atoms with Gasteiger partial charge in [0.2, 0.25) is 10.0 Å². The first-order valence-electron chi connectivity index (χ1n) is 6.94. The van der Waals surface area contributed by atoms with E-state index in [1.54, 1.807) is 26.0 Å². The molecule has 0 spiro atoms. The number of benzene rings is 2. The molecule has 0 fully saturated rings. The van der Waals surface area contributed by atoms with Crippen LogP contribution in [-0.4, -0.2) is 33.3 Å². The fourth-order valence-corrected chi connectivity index (χ4v) is 3.08. The Morgan fingerprint density at radius 3 is 2.41 bits per heavy atom. The van der Waals surface area contributed by atoms with Gasteiger partial charge >= 0.3 is 5.97 Å². The van der Waals surface area contributed by atoms with E-state index in [1.807, 2.05) is 30.3 Å². The van der Waals surface area contributed by atoms with Crippen LogP contribution < -0.4 is 4.31 Å². The van der Waals surface area contributed by atoms with Crippen LogP contribution in [-0.2, 0) is 19.6 Å². The Balaban J connectivity index is 2.47. The minimum Gasteiger partial charge on any atom is -0.462 e. The molecule has 118 valence electrons. The maximum absolute atomic E-state index is 12.1. The lowest BCUT2D eigenvalue weighted by atomic mass is 10.1. The fraction of sp³-hybridized carbons (Fsp3) is 0.312. The summed E-state index contributed by atoms with van der Waals surface area (Å²) >= 11 is 0. The lowest BCUT2D eigenvalue weighted by Crippen LogP contribution is -2.36. The summed E-state index contributed by atoms with van der Waals surface area (Å²) in [4.78, 5) is 11.9. The zero-order valence-electron chi connectivity index (χ0n) is 12.8. The molecule has 6 heteroatoms. The summed E-state index contributed by atoms with van der Waals surface area (Å²) in [5.41, 5.74) is 0.473. The number of sulfonamides is 1. The molecule has 0 saturated heterocycles. The molecule has 0 aliphatic heterocycles. The number of nitrogens with zero attached hydrogens (tertiary/aromatic N) is 1. The Kier molecular flexibility index (Phi) is 4.71. The highest BCUT2D eigenvalue weighted by Gasteiger charge is 2.23. The van der Waals surface area contributed by atoms with Crippen molar-refractivity contribution in [2.24, 2.45) is 0 Å². The molecule has 0 aliphatic rings. The third-order valence-corrected chi connectivity index (χ3v) is 4.20. The van der Waals surface area contributed by atoms with Gasteiger partial charge in [0.05, 0.1) is 18.0 Å². The lowest BCUT2D eigenvalue weighted by molar-refractivity contribution is -0.145. The average molecular weight is 321 g/mol. The number of carbonyl (C=O) groups excluding carboxylic acids is 1. The summed E-state index contributed by atoms with van der Waals surface area (Å²) in [6.45, 7) is 3.10. The van der Waals surface area contributed by atoms with Gasteiger partial charge < -0.3 is 4.74 Å². The Morgan fingerprint density at radius 1 is 1.14 bits per heavy atom. The average Bonchev–Trinajstić information content (AvgIpc) is 2.42. The fourth-order valence-electron chi connectivity index (χ4n) is 2.22. The molecule has 5 nitrogen and oxygen atoms in total. The van der Waals surface area contributed by atoms with Crippen molar-refractivity contribution in [2.45, 2.75) is 20.0 Å². The lowest BCUT2D eigenvalue weighted by Gasteiger charge is -2.23. The largest absolute Gasteiger partial charge is 0.462 e. The van der Waals surface area contributed by atoms with Gasteiger partial charge in [0, 0.05) is 5.39 Å². The highest BCUT2D eigenvalue weighted by molar-refractivity contribution is 7.92. The standard InChI is InChI=1S/C16H19NO4S/c1-12(2)21-16(18)11-17(22(3,19)20)15-10-6-8-13-7-4-5-9-14(13)15/h4-10,12H,11H2,1-3H3. The van der Waals surface area contributed by atoms with Gasteiger partial charge in [0.1, 0.15) is 6.54 Å². The van der Waals surface area contributed by atoms with Crippen LogP contribution in [0.5, 0.6) is 0 Å². The van der Waals surface area contributed by atoms with Crippen LogP contribution in [0.2, 0.25) is 0 Å². The molecule has 2 aromatic carbocycles. The van der Waals surface area contributed by atoms with Crippen molar-refractivity contribution in [3.8, 4) is 0 Å². The molecule has 0 atom stereocenters. The number of esters is 1. The summed E-state index contributed by atoms with van der Waals surface area (Å²) in [5.74, 6) is -0.576. The molecule has 0 bridgehead atoms. The van der Waals surface area contributed by atoms with Gasteiger partial charge in [0.25, 0.3) is 0 Å². The second kappa shape index (κ2) is 6.36. The van der Waals surface area contributed by atoms with Crippen LogP contribution in [0, 0.1) is 0 Å². The molecule has 0 unspecified atom stereocenters. The summed E-state index contributed by atoms with van der Waals surface area (Å²) < 4.78 is 30.4. The predicted octanol–water partition coefficient (Wildman–Crippen LogP) is 2.56. The van der Waals surface area contributed by atoms with E-state index in [9.17, 15) is 13.2 Å². The van der Waals surface area contributed by atoms with E-state index < -0.39 is 16.0 Å². The first-order chi connectivity index (χ1) is 10.3. The molecular weight excluding hydrogens is 302 g/mol. The van der Waals surface area contributed by atoms with Crippen LogP contribution in [0.4, 0.5) is 5.69 Å². The first kappa shape index (κ1) is 16.3. The van der Waals surface area contributed by atoms with E-state index in [0.29, 0.717) is 5.69 Å². The van der Waals surface area contributed by atoms with Crippen molar-refractivity contribution < 1.29 is 17.9 Å². The van der Waals surface area contributed by atoms with E-state index >= 15 is 0 Å². The molecule has 0 aliphatic carbocycles. The van der Waals surface area contributed by atoms with E-state index in [1.165, 1.54) is 0 Å². The van der Waals surface area contributed by atoms with E-state index in [4.69, 9.17) is 4.74 Å². The van der Waals surface area contributed by atoms with E-state index in [2.05, 4.69) is 0 Å². The van der Waals surface area contributed by atoms with E-state index in [0.717, 1.165) is 21.3 Å². The Hall–Kier alpha value is -2.08. The molecule has 0 heterocycles. The van der Waals surface area contributed by atoms with Gasteiger partial charge in [-0.05, 0) is 25.3 Å². The van der Waals surface area contributed by atoms with Gasteiger partial charge in [-0.15, -0.1) is 0 Å². The van der Waals surface area contributed by atoms with Crippen LogP contribution in [0.3, 0.4) is 0 Å². The SMILES string of the molecule is CC(C)OC(=O)CN(c1cccc2ccccc12)S(C)(=O)=O. The molecule has 0 N–H and O–H groups in total. The van der Waals surface area contributed by atoms with Crippen LogP contribution >= 0.6 is 0 Å². The zero-order chi connectivity index (χ0) is 16.3. The highest BCUT2D eigenvalue weighted by atomic mass is 32.2. The van der Waals surface area contributed by atoms with Crippen LogP contribution in [0.1, 0.15) is 13.8 Å². The smallest absolute Gasteiger partial charge is 0.327 e. The maximum Gasteiger partial charge on any atom is 0.327 e. The number of hydrogen-bond donors (Lipinski definition) is 0. The van der Waals surface area contributed by atoms with E-state index in [-0.39, 0.29) is 12.6 Å². The molecule has 0 aromatic heterocycles. The number of rotatable bonds is 5. The Bertz CT molecular complexity index is 778. The van der Waals surface area contributed by atoms with Gasteiger partial charge in [0.15, 0.2) is 0 Å². The number of fused-ring (bicyclic) bond motifs is 1. The monoisotopic (exact) mass is 321 g/mol. The molecular formula is C16H19NO4S. The van der Waals surface area contributed by atoms with Crippen molar-refractivity contribution in [1.82, 2.24) is 0 Å². The topological polar surface area (TPSA) is 63.7 Å². The summed E-state index contributed by atoms with van der Waals surface area (Å²) in [7, 11) is -3.61. The summed E-state index contributed by atoms with van der Waals surface area (Å²) in [5, 5.41) is 1.68. The Morgan fingerprint density at radius 2 is 1.77 bits per heavy atom. The van der Waals surface area contributed by atoms with Crippen molar-refractivity contribution in [3.05, 3.63) is 42.5 Å². The van der Waals surface area contributed by atoms with Crippen LogP contribution in [0.15, 0.2) is 42.5 Å². The van der Waals surface area contributed by atoms with Gasteiger partial charge in [-0.2, -0.15) is 0 Å². The van der Waals surface area contributed by atoms with Crippen molar-refractivity contribution >= 4 is 32.5 Å². The molecule has 0 saturated carbocycles. The number of anilines is 1. The Labute approximate surface area is 130 Å². The third-order valence-electron chi connectivity index (χ3n) is 3.08. The summed E-state index contributed by atoms with van der Waals surface area (Å²) in [6, 6.07) is 12.8. The normalized spacial score (nSPS) is 11.6. The van der Waals surface area contributed by atoms with Crippen molar-refractivity contribution in [1.29, 1.82) is 0 Å². The second-order valence-electron chi connectivity index (χ2n) is 5.31. The van der Waals surface area contributed by atoms with Crippen molar-refractivity contribution in [3.63, 3.8) is 0 Å². The number of carbonyl (C=O) groups is 1. The van der Waals surface area contributed by atoms with Gasteiger partial charge in [-0.25, -0.2) is 8.42 Å². The molecule has 2 aromatic rings. The number of ether oxygens (including phenoxy) is 1. The van der Waals surface area contributed by atoms with Gasteiger partial charge in [-0.3, -0.25) is 9.10 Å². The minimum atomic E-state index is -3.61. The highest BCUT2D eigenvalue weighted by Crippen LogP contribution is 2.28. The molecule has 0 radical (unpaired) electrons. The summed E-state index contributed by atoms with van der Waals surface area (Å²) in [6.07, 6.45) is 0.790. The van der Waals surface area contributed by atoms with Crippen molar-refractivity contribution in [2.75, 3.05) is 17.1 Å². The molecule has 22 heavy (non-hydrogen) atoms. The second-order valence-corrected chi connectivity index (χ2v) is 7.21. The first-order valence-corrected chi connectivity index (χ1v) is 8.79. The number of hydrogen-bond acceptors (Lipinski definition) is 4. The predicted molar refractivity (Wildman–Crippen MR) is 87.4 cm³/mol.